The van der Waals surface area contributed by atoms with Gasteiger partial charge in [-0.05, 0) is 6.92 Å². The summed E-state index contributed by atoms with van der Waals surface area (Å²) in [5.41, 5.74) is 0. The maximum atomic E-state index is 11.8. The molecule has 0 atom stereocenters. The molecule has 0 bridgehead atoms. The fourth-order valence-electron chi connectivity index (χ4n) is 0.200. The van der Waals surface area contributed by atoms with Crippen molar-refractivity contribution >= 4 is 17.1 Å². The summed E-state index contributed by atoms with van der Waals surface area (Å²) in [5, 5.41) is 0. The van der Waals surface area contributed by atoms with Crippen molar-refractivity contribution in [2.24, 2.45) is 0 Å². The molecule has 0 saturated heterocycles. The molecule has 10 heavy (non-hydrogen) atoms. The zero-order chi connectivity index (χ0) is 8.58. The Labute approximate surface area is 59.0 Å². The van der Waals surface area contributed by atoms with Crippen molar-refractivity contribution in [2.75, 3.05) is 0 Å². The quantitative estimate of drug-likeness (QED) is 0.439. The molecular weight excluding hydrogens is 175 g/mol. The molecule has 0 heterocycles. The molecule has 0 fully saturated rings. The van der Waals surface area contributed by atoms with E-state index in [2.05, 4.69) is 12.2 Å². The minimum atomic E-state index is -5.56. The largest absolute Gasteiger partial charge is 0.458 e. The summed E-state index contributed by atoms with van der Waals surface area (Å²) >= 11 is 3.71. The summed E-state index contributed by atoms with van der Waals surface area (Å²) in [6.45, 7) is 0.558. The number of thiocarbonyl (C=S) groups is 1. The molecule has 0 N–H and O–H groups in total. The van der Waals surface area contributed by atoms with Crippen LogP contribution in [0.4, 0.5) is 22.0 Å². The first kappa shape index (κ1) is 9.74. The Morgan fingerprint density at radius 2 is 1.40 bits per heavy atom. The van der Waals surface area contributed by atoms with Gasteiger partial charge in [-0.25, -0.2) is 0 Å². The van der Waals surface area contributed by atoms with Gasteiger partial charge in [-0.1, -0.05) is 12.2 Å². The van der Waals surface area contributed by atoms with E-state index in [0.29, 0.717) is 6.92 Å². The molecule has 0 aromatic heterocycles. The fraction of sp³-hybridized carbons (Fsp3) is 0.750. The van der Waals surface area contributed by atoms with Crippen LogP contribution in [0.5, 0.6) is 0 Å². The topological polar surface area (TPSA) is 0 Å². The second-order valence-electron chi connectivity index (χ2n) is 1.63. The second kappa shape index (κ2) is 2.41. The van der Waals surface area contributed by atoms with Crippen LogP contribution in [0.3, 0.4) is 0 Å². The first-order chi connectivity index (χ1) is 4.19. The van der Waals surface area contributed by atoms with Gasteiger partial charge < -0.3 is 0 Å². The highest BCUT2D eigenvalue weighted by Gasteiger charge is 2.58. The van der Waals surface area contributed by atoms with Gasteiger partial charge >= 0.3 is 12.1 Å². The fourth-order valence-corrected chi connectivity index (χ4v) is 0.315. The maximum absolute atomic E-state index is 11.8. The van der Waals surface area contributed by atoms with E-state index >= 15 is 0 Å². The molecule has 0 aliphatic heterocycles. The second-order valence-corrected chi connectivity index (χ2v) is 2.24. The average Bonchev–Trinajstić information content (AvgIpc) is 1.62. The molecule has 0 aliphatic rings. The average molecular weight is 178 g/mol. The van der Waals surface area contributed by atoms with E-state index in [1.165, 1.54) is 0 Å². The third kappa shape index (κ3) is 1.62. The van der Waals surface area contributed by atoms with E-state index < -0.39 is 17.0 Å². The standard InChI is InChI=1S/C4H3F5S/c1-2(10)3(5,6)4(7,8)9/h1H3. The molecule has 0 aliphatic carbocycles. The summed E-state index contributed by atoms with van der Waals surface area (Å²) in [6.07, 6.45) is -5.56. The van der Waals surface area contributed by atoms with Crippen LogP contribution in [0, 0.1) is 0 Å². The molecule has 0 nitrogen and oxygen atoms in total. The Morgan fingerprint density at radius 1 is 1.10 bits per heavy atom. The highest BCUT2D eigenvalue weighted by molar-refractivity contribution is 7.80. The van der Waals surface area contributed by atoms with Gasteiger partial charge in [-0.15, -0.1) is 0 Å². The first-order valence-corrected chi connectivity index (χ1v) is 2.56. The predicted octanol–water partition coefficient (Wildman–Crippen LogP) is 2.57. The monoisotopic (exact) mass is 178 g/mol. The van der Waals surface area contributed by atoms with Crippen LogP contribution in [-0.2, 0) is 0 Å². The molecule has 0 radical (unpaired) electrons. The molecule has 0 aromatic carbocycles. The number of hydrogen-bond donors (Lipinski definition) is 0. The highest BCUT2D eigenvalue weighted by Crippen LogP contribution is 2.36. The molecule has 6 heteroatoms. The van der Waals surface area contributed by atoms with Gasteiger partial charge in [0.2, 0.25) is 0 Å². The number of rotatable bonds is 1. The van der Waals surface area contributed by atoms with Crippen molar-refractivity contribution in [1.82, 2.24) is 0 Å². The Morgan fingerprint density at radius 3 is 1.40 bits per heavy atom. The van der Waals surface area contributed by atoms with E-state index in [0.717, 1.165) is 0 Å². The molecule has 0 rings (SSSR count). The minimum Gasteiger partial charge on any atom is -0.190 e. The number of hydrogen-bond acceptors (Lipinski definition) is 1. The van der Waals surface area contributed by atoms with Crippen molar-refractivity contribution in [1.29, 1.82) is 0 Å². The van der Waals surface area contributed by atoms with Crippen molar-refractivity contribution in [2.45, 2.75) is 19.0 Å². The molecule has 60 valence electrons. The van der Waals surface area contributed by atoms with Crippen molar-refractivity contribution in [3.63, 3.8) is 0 Å². The van der Waals surface area contributed by atoms with Crippen molar-refractivity contribution < 1.29 is 22.0 Å². The third-order valence-electron chi connectivity index (χ3n) is 0.798. The Balaban J connectivity index is 4.57. The number of alkyl halides is 5. The molecular formula is C4H3F5S. The van der Waals surface area contributed by atoms with Gasteiger partial charge in [0.25, 0.3) is 0 Å². The molecule has 0 amide bonds. The van der Waals surface area contributed by atoms with Gasteiger partial charge in [-0.3, -0.25) is 0 Å². The van der Waals surface area contributed by atoms with Gasteiger partial charge in [0.05, 0.1) is 4.86 Å². The van der Waals surface area contributed by atoms with Gasteiger partial charge in [-0.2, -0.15) is 22.0 Å². The number of halogens is 5. The lowest BCUT2D eigenvalue weighted by Crippen LogP contribution is -2.41. The summed E-state index contributed by atoms with van der Waals surface area (Å²) in [6, 6.07) is 0. The lowest BCUT2D eigenvalue weighted by Gasteiger charge is -2.17. The Kier molecular flexibility index (Phi) is 2.35. The zero-order valence-electron chi connectivity index (χ0n) is 4.80. The predicted molar refractivity (Wildman–Crippen MR) is 29.3 cm³/mol. The van der Waals surface area contributed by atoms with E-state index in [1.807, 2.05) is 0 Å². The van der Waals surface area contributed by atoms with E-state index in [-0.39, 0.29) is 0 Å². The zero-order valence-corrected chi connectivity index (χ0v) is 5.61. The molecule has 0 spiro atoms. The van der Waals surface area contributed by atoms with E-state index in [9.17, 15) is 22.0 Å². The van der Waals surface area contributed by atoms with Crippen LogP contribution in [0.15, 0.2) is 0 Å². The van der Waals surface area contributed by atoms with Gasteiger partial charge in [0.1, 0.15) is 0 Å². The Bertz CT molecular complexity index is 146. The van der Waals surface area contributed by atoms with E-state index in [4.69, 9.17) is 0 Å². The lowest BCUT2D eigenvalue weighted by atomic mass is 10.2. The summed E-state index contributed by atoms with van der Waals surface area (Å²) in [4.78, 5) is -1.36. The van der Waals surface area contributed by atoms with Crippen molar-refractivity contribution in [3.05, 3.63) is 0 Å². The van der Waals surface area contributed by atoms with Crippen molar-refractivity contribution in [3.8, 4) is 0 Å². The SMILES string of the molecule is CC(=S)C(F)(F)C(F)(F)F. The van der Waals surface area contributed by atoms with Crippen LogP contribution in [0.1, 0.15) is 6.92 Å². The van der Waals surface area contributed by atoms with Crippen LogP contribution in [-0.4, -0.2) is 17.0 Å². The first-order valence-electron chi connectivity index (χ1n) is 2.15. The van der Waals surface area contributed by atoms with Crippen LogP contribution < -0.4 is 0 Å². The van der Waals surface area contributed by atoms with Crippen LogP contribution >= 0.6 is 12.2 Å². The summed E-state index contributed by atoms with van der Waals surface area (Å²) in [7, 11) is 0. The third-order valence-corrected chi connectivity index (χ3v) is 1.05. The van der Waals surface area contributed by atoms with Gasteiger partial charge in [0.15, 0.2) is 0 Å². The summed E-state index contributed by atoms with van der Waals surface area (Å²) < 4.78 is 57.3. The highest BCUT2D eigenvalue weighted by atomic mass is 32.1. The van der Waals surface area contributed by atoms with E-state index in [1.54, 1.807) is 0 Å². The smallest absolute Gasteiger partial charge is 0.190 e. The van der Waals surface area contributed by atoms with Crippen LogP contribution in [0.2, 0.25) is 0 Å². The maximum Gasteiger partial charge on any atom is 0.458 e. The van der Waals surface area contributed by atoms with Gasteiger partial charge in [0, 0.05) is 0 Å². The Hall–Kier alpha value is -0.260. The molecule has 0 aromatic rings. The molecule has 0 unspecified atom stereocenters. The summed E-state index contributed by atoms with van der Waals surface area (Å²) in [5.74, 6) is -4.83. The minimum absolute atomic E-state index is 0.558. The molecule has 0 saturated carbocycles. The normalized spacial score (nSPS) is 13.4. The lowest BCUT2D eigenvalue weighted by molar-refractivity contribution is -0.248. The van der Waals surface area contributed by atoms with Crippen LogP contribution in [0.25, 0.3) is 0 Å².